The van der Waals surface area contributed by atoms with Gasteiger partial charge in [-0.3, -0.25) is 9.69 Å². The van der Waals surface area contributed by atoms with E-state index in [0.29, 0.717) is 43.6 Å². The Morgan fingerprint density at radius 3 is 2.67 bits per heavy atom. The van der Waals surface area contributed by atoms with Crippen molar-refractivity contribution in [1.29, 1.82) is 0 Å². The molecule has 1 amide bonds. The van der Waals surface area contributed by atoms with Crippen molar-refractivity contribution in [1.82, 2.24) is 20.1 Å². The Bertz CT molecular complexity index is 1180. The fourth-order valence-electron chi connectivity index (χ4n) is 3.95. The molecule has 0 spiro atoms. The van der Waals surface area contributed by atoms with Crippen LogP contribution in [0.3, 0.4) is 0 Å². The summed E-state index contributed by atoms with van der Waals surface area (Å²) in [6.45, 7) is 2.96. The van der Waals surface area contributed by atoms with Gasteiger partial charge in [-0.25, -0.2) is 4.98 Å². The van der Waals surface area contributed by atoms with Gasteiger partial charge in [-0.15, -0.1) is 0 Å². The number of nitrogens with one attached hydrogen (secondary N) is 1. The Balaban J connectivity index is 1.53. The minimum Gasteiger partial charge on any atom is -0.493 e. The number of carbonyl (C=O) groups is 1. The number of amides is 1. The molecule has 0 saturated heterocycles. The fourth-order valence-corrected chi connectivity index (χ4v) is 3.95. The lowest BCUT2D eigenvalue weighted by molar-refractivity contribution is 0.0946. The van der Waals surface area contributed by atoms with Crippen LogP contribution in [0, 0.1) is 0 Å². The van der Waals surface area contributed by atoms with Crippen LogP contribution in [-0.4, -0.2) is 68.9 Å². The zero-order chi connectivity index (χ0) is 25.5. The Labute approximate surface area is 210 Å². The van der Waals surface area contributed by atoms with Gasteiger partial charge in [0.1, 0.15) is 6.26 Å². The SMILES string of the molecule is COc1cccc(CN(Cc2ccc3c(c2)OCO3)Cc2nc(C(=O)NCCN(C)C)co2)c1OC. The summed E-state index contributed by atoms with van der Waals surface area (Å²) in [5, 5.41) is 2.86. The second-order valence-electron chi connectivity index (χ2n) is 8.67. The van der Waals surface area contributed by atoms with Gasteiger partial charge >= 0.3 is 0 Å². The highest BCUT2D eigenvalue weighted by Crippen LogP contribution is 2.34. The highest BCUT2D eigenvalue weighted by molar-refractivity contribution is 5.91. The van der Waals surface area contributed by atoms with Gasteiger partial charge in [-0.2, -0.15) is 0 Å². The first-order valence-electron chi connectivity index (χ1n) is 11.6. The summed E-state index contributed by atoms with van der Waals surface area (Å²) < 4.78 is 27.8. The minimum absolute atomic E-state index is 0.221. The van der Waals surface area contributed by atoms with Gasteiger partial charge in [0.15, 0.2) is 28.7 Å². The van der Waals surface area contributed by atoms with Gasteiger partial charge in [0.2, 0.25) is 12.7 Å². The van der Waals surface area contributed by atoms with E-state index in [0.717, 1.165) is 29.2 Å². The summed E-state index contributed by atoms with van der Waals surface area (Å²) in [6, 6.07) is 11.7. The Morgan fingerprint density at radius 1 is 1.06 bits per heavy atom. The minimum atomic E-state index is -0.261. The number of rotatable bonds is 12. The molecule has 2 aromatic carbocycles. The van der Waals surface area contributed by atoms with E-state index in [1.54, 1.807) is 14.2 Å². The van der Waals surface area contributed by atoms with E-state index >= 15 is 0 Å². The average Bonchev–Trinajstić information content (AvgIpc) is 3.53. The summed E-state index contributed by atoms with van der Waals surface area (Å²) in [6.07, 6.45) is 1.39. The van der Waals surface area contributed by atoms with E-state index in [4.69, 9.17) is 23.4 Å². The molecule has 0 fully saturated rings. The standard InChI is InChI=1S/C26H32N4O6/c1-29(2)11-10-27-26(31)20-16-34-24(28-20)15-30(13-18-8-9-21-23(12-18)36-17-35-21)14-19-6-5-7-22(32-3)25(19)33-4/h5-9,12,16H,10-11,13-15,17H2,1-4H3,(H,27,31). The molecule has 0 aliphatic carbocycles. The van der Waals surface area contributed by atoms with E-state index < -0.39 is 0 Å². The first-order chi connectivity index (χ1) is 17.5. The molecule has 10 nitrogen and oxygen atoms in total. The van der Waals surface area contributed by atoms with Crippen molar-refractivity contribution in [2.24, 2.45) is 0 Å². The van der Waals surface area contributed by atoms with Gasteiger partial charge < -0.3 is 33.6 Å². The smallest absolute Gasteiger partial charge is 0.273 e. The lowest BCUT2D eigenvalue weighted by Gasteiger charge is -2.23. The summed E-state index contributed by atoms with van der Waals surface area (Å²) in [7, 11) is 7.14. The van der Waals surface area contributed by atoms with Crippen LogP contribution in [0.4, 0.5) is 0 Å². The predicted octanol–water partition coefficient (Wildman–Crippen LogP) is 2.91. The van der Waals surface area contributed by atoms with Crippen molar-refractivity contribution in [3.05, 3.63) is 65.4 Å². The number of nitrogens with zero attached hydrogens (tertiary/aromatic N) is 3. The van der Waals surface area contributed by atoms with Crippen molar-refractivity contribution in [2.45, 2.75) is 19.6 Å². The molecule has 2 heterocycles. The summed E-state index contributed by atoms with van der Waals surface area (Å²) >= 11 is 0. The first kappa shape index (κ1) is 25.3. The average molecular weight is 497 g/mol. The molecule has 10 heteroatoms. The van der Waals surface area contributed by atoms with Crippen LogP contribution < -0.4 is 24.3 Å². The van der Waals surface area contributed by atoms with Crippen molar-refractivity contribution < 1.29 is 28.2 Å². The van der Waals surface area contributed by atoms with E-state index in [1.807, 2.05) is 55.4 Å². The van der Waals surface area contributed by atoms with Crippen LogP contribution in [0.15, 0.2) is 47.1 Å². The van der Waals surface area contributed by atoms with E-state index in [-0.39, 0.29) is 18.4 Å². The number of likely N-dealkylation sites (N-methyl/N-ethyl adjacent to an activating group) is 1. The number of hydrogen-bond donors (Lipinski definition) is 1. The normalized spacial score (nSPS) is 12.3. The molecular formula is C26H32N4O6. The highest BCUT2D eigenvalue weighted by atomic mass is 16.7. The van der Waals surface area contributed by atoms with Crippen LogP contribution in [0.5, 0.6) is 23.0 Å². The summed E-state index contributed by atoms with van der Waals surface area (Å²) in [5.41, 5.74) is 2.24. The second kappa shape index (κ2) is 11.8. The molecule has 0 saturated carbocycles. The summed E-state index contributed by atoms with van der Waals surface area (Å²) in [5.74, 6) is 2.96. The number of ether oxygens (including phenoxy) is 4. The molecule has 1 aromatic heterocycles. The Hall–Kier alpha value is -3.76. The number of carbonyl (C=O) groups excluding carboxylic acids is 1. The predicted molar refractivity (Wildman–Crippen MR) is 132 cm³/mol. The maximum absolute atomic E-state index is 12.4. The van der Waals surface area contributed by atoms with Gasteiger partial charge in [-0.1, -0.05) is 18.2 Å². The molecule has 4 rings (SSSR count). The molecule has 0 radical (unpaired) electrons. The van der Waals surface area contributed by atoms with Crippen LogP contribution in [0.2, 0.25) is 0 Å². The third kappa shape index (κ3) is 6.27. The van der Waals surface area contributed by atoms with E-state index in [1.165, 1.54) is 6.26 Å². The number of para-hydroxylation sites is 1. The van der Waals surface area contributed by atoms with Gasteiger partial charge in [0.25, 0.3) is 5.91 Å². The third-order valence-electron chi connectivity index (χ3n) is 5.71. The number of fused-ring (bicyclic) bond motifs is 1. The number of oxazole rings is 1. The quantitative estimate of drug-likeness (QED) is 0.406. The molecule has 36 heavy (non-hydrogen) atoms. The number of hydrogen-bond acceptors (Lipinski definition) is 9. The van der Waals surface area contributed by atoms with Crippen molar-refractivity contribution in [3.63, 3.8) is 0 Å². The third-order valence-corrected chi connectivity index (χ3v) is 5.71. The Kier molecular flexibility index (Phi) is 8.29. The molecular weight excluding hydrogens is 464 g/mol. The summed E-state index contributed by atoms with van der Waals surface area (Å²) in [4.78, 5) is 21.0. The number of benzene rings is 2. The number of methoxy groups -OCH3 is 2. The highest BCUT2D eigenvalue weighted by Gasteiger charge is 2.20. The monoisotopic (exact) mass is 496 g/mol. The zero-order valence-electron chi connectivity index (χ0n) is 21.1. The lowest BCUT2D eigenvalue weighted by atomic mass is 10.1. The molecule has 0 bridgehead atoms. The van der Waals surface area contributed by atoms with Crippen LogP contribution in [0.1, 0.15) is 27.5 Å². The molecule has 192 valence electrons. The topological polar surface area (TPSA) is 98.5 Å². The molecule has 1 N–H and O–H groups in total. The number of aromatic nitrogens is 1. The first-order valence-corrected chi connectivity index (χ1v) is 11.6. The van der Waals surface area contributed by atoms with Gasteiger partial charge in [0.05, 0.1) is 20.8 Å². The van der Waals surface area contributed by atoms with Gasteiger partial charge in [0, 0.05) is 31.7 Å². The molecule has 1 aliphatic rings. The van der Waals surface area contributed by atoms with Crippen LogP contribution in [-0.2, 0) is 19.6 Å². The maximum atomic E-state index is 12.4. The van der Waals surface area contributed by atoms with Crippen molar-refractivity contribution in [2.75, 3.05) is 48.2 Å². The van der Waals surface area contributed by atoms with Gasteiger partial charge in [-0.05, 0) is 37.9 Å². The fraction of sp³-hybridized carbons (Fsp3) is 0.385. The molecule has 0 unspecified atom stereocenters. The maximum Gasteiger partial charge on any atom is 0.273 e. The van der Waals surface area contributed by atoms with Crippen LogP contribution in [0.25, 0.3) is 0 Å². The van der Waals surface area contributed by atoms with E-state index in [2.05, 4.69) is 15.2 Å². The second-order valence-corrected chi connectivity index (χ2v) is 8.67. The van der Waals surface area contributed by atoms with Crippen molar-refractivity contribution in [3.8, 4) is 23.0 Å². The van der Waals surface area contributed by atoms with E-state index in [9.17, 15) is 4.79 Å². The molecule has 3 aromatic rings. The lowest BCUT2D eigenvalue weighted by Crippen LogP contribution is -2.31. The van der Waals surface area contributed by atoms with Crippen LogP contribution >= 0.6 is 0 Å². The zero-order valence-corrected chi connectivity index (χ0v) is 21.1. The Morgan fingerprint density at radius 2 is 1.89 bits per heavy atom. The molecule has 0 atom stereocenters. The van der Waals surface area contributed by atoms with Crippen molar-refractivity contribution >= 4 is 5.91 Å². The molecule has 1 aliphatic heterocycles. The largest absolute Gasteiger partial charge is 0.493 e.